The summed E-state index contributed by atoms with van der Waals surface area (Å²) in [6.07, 6.45) is 0.364. The Bertz CT molecular complexity index is 1420. The third kappa shape index (κ3) is 5.11. The van der Waals surface area contributed by atoms with Gasteiger partial charge >= 0.3 is 0 Å². The van der Waals surface area contributed by atoms with Crippen molar-refractivity contribution in [2.75, 3.05) is 40.5 Å². The number of aliphatic hydroxyl groups is 4. The van der Waals surface area contributed by atoms with Gasteiger partial charge in [-0.15, -0.1) is 10.1 Å². The fourth-order valence-electron chi connectivity index (χ4n) is 6.59. The van der Waals surface area contributed by atoms with E-state index in [4.69, 9.17) is 0 Å². The van der Waals surface area contributed by atoms with Gasteiger partial charge in [-0.25, -0.2) is 0 Å². The predicted molar refractivity (Wildman–Crippen MR) is 148 cm³/mol. The molecule has 0 saturated heterocycles. The maximum absolute atomic E-state index is 13.9. The van der Waals surface area contributed by atoms with Gasteiger partial charge in [-0.1, -0.05) is 19.1 Å². The molecule has 0 heterocycles. The zero-order valence-corrected chi connectivity index (χ0v) is 24.2. The van der Waals surface area contributed by atoms with Crippen LogP contribution in [-0.2, 0) is 20.0 Å². The molecule has 3 aliphatic rings. The zero-order valence-electron chi connectivity index (χ0n) is 24.2. The van der Waals surface area contributed by atoms with Gasteiger partial charge in [-0.2, -0.15) is 0 Å². The second-order valence-electron chi connectivity index (χ2n) is 11.4. The van der Waals surface area contributed by atoms with Crippen molar-refractivity contribution in [1.29, 1.82) is 0 Å². The highest BCUT2D eigenvalue weighted by molar-refractivity contribution is 6.25. The van der Waals surface area contributed by atoms with Gasteiger partial charge in [0.05, 0.1) is 23.9 Å². The molecule has 234 valence electrons. The topological polar surface area (TPSA) is 223 Å². The third-order valence-corrected chi connectivity index (χ3v) is 8.61. The Morgan fingerprint density at radius 2 is 1.86 bits per heavy atom. The molecular weight excluding hydrogens is 568 g/mol. The molecule has 1 aromatic carbocycles. The van der Waals surface area contributed by atoms with Crippen LogP contribution in [0.25, 0.3) is 0 Å². The zero-order chi connectivity index (χ0) is 32.0. The van der Waals surface area contributed by atoms with E-state index in [1.165, 1.54) is 44.1 Å². The smallest absolute Gasteiger partial charge is 0.294 e. The maximum atomic E-state index is 13.9. The summed E-state index contributed by atoms with van der Waals surface area (Å²) in [5, 5.41) is 68.9. The number of phenolic OH excluding ortho intramolecular Hbond substituents is 1. The molecule has 0 radical (unpaired) electrons. The highest BCUT2D eigenvalue weighted by atomic mass is 16.9. The first-order valence-corrected chi connectivity index (χ1v) is 13.8. The van der Waals surface area contributed by atoms with Crippen LogP contribution in [-0.4, -0.2) is 110 Å². The van der Waals surface area contributed by atoms with Crippen molar-refractivity contribution in [2.24, 2.45) is 11.8 Å². The Labute approximate surface area is 246 Å². The molecule has 15 heteroatoms. The summed E-state index contributed by atoms with van der Waals surface area (Å²) in [5.41, 5.74) is -6.15. The van der Waals surface area contributed by atoms with Gasteiger partial charge in [0.15, 0.2) is 11.4 Å². The standard InChI is InChI=1S/C28H36N4O11/c1-5-9-31(10-11-43-32(41)42)13-29-26(38)20-23(35)21(30(3)4)16-12-15-19(24(36)28(16,40)25(20)37)22(34)18-14(27(15,2)39)7-6-8-17(18)33/h6-8,15-16,21,33,35-36,39-40H,5,9-13H2,1-4H3,(H,29,38)/t15-,16-,21-,27?,28-/m0/s1. The van der Waals surface area contributed by atoms with E-state index < -0.39 is 80.1 Å². The molecule has 43 heavy (non-hydrogen) atoms. The summed E-state index contributed by atoms with van der Waals surface area (Å²) in [6.45, 7) is 3.22. The Balaban J connectivity index is 1.75. The molecule has 1 aromatic rings. The van der Waals surface area contributed by atoms with Crippen LogP contribution in [0.5, 0.6) is 5.75 Å². The number of carbonyl (C=O) groups excluding carboxylic acids is 3. The third-order valence-electron chi connectivity index (χ3n) is 8.61. The lowest BCUT2D eigenvalue weighted by atomic mass is 9.55. The summed E-state index contributed by atoms with van der Waals surface area (Å²) in [6, 6.07) is 2.94. The van der Waals surface area contributed by atoms with Gasteiger partial charge in [0.2, 0.25) is 5.78 Å². The van der Waals surface area contributed by atoms with E-state index in [-0.39, 0.29) is 37.4 Å². The largest absolute Gasteiger partial charge is 0.510 e. The number of aromatic hydroxyl groups is 1. The minimum atomic E-state index is -2.84. The van der Waals surface area contributed by atoms with E-state index in [2.05, 4.69) is 10.2 Å². The molecule has 4 rings (SSSR count). The molecule has 1 amide bonds. The first kappa shape index (κ1) is 31.9. The molecule has 0 fully saturated rings. The average Bonchev–Trinajstić information content (AvgIpc) is 2.92. The van der Waals surface area contributed by atoms with Crippen molar-refractivity contribution >= 4 is 17.5 Å². The summed E-state index contributed by atoms with van der Waals surface area (Å²) in [7, 11) is 3.05. The first-order valence-electron chi connectivity index (χ1n) is 13.8. The lowest BCUT2D eigenvalue weighted by Crippen LogP contribution is -2.65. The van der Waals surface area contributed by atoms with Gasteiger partial charge in [0.25, 0.3) is 11.0 Å². The minimum absolute atomic E-state index is 0.0606. The molecule has 6 N–H and O–H groups in total. The van der Waals surface area contributed by atoms with Gasteiger partial charge in [-0.3, -0.25) is 24.2 Å². The number of benzene rings is 1. The molecule has 3 aliphatic carbocycles. The van der Waals surface area contributed by atoms with Crippen LogP contribution >= 0.6 is 0 Å². The number of carbonyl (C=O) groups is 3. The van der Waals surface area contributed by atoms with Crippen LogP contribution in [0.15, 0.2) is 40.9 Å². The minimum Gasteiger partial charge on any atom is -0.510 e. The number of rotatable bonds is 10. The van der Waals surface area contributed by atoms with Gasteiger partial charge < -0.3 is 35.7 Å². The summed E-state index contributed by atoms with van der Waals surface area (Å²) < 4.78 is 0. The van der Waals surface area contributed by atoms with Gasteiger partial charge in [0, 0.05) is 24.0 Å². The first-order chi connectivity index (χ1) is 20.1. The predicted octanol–water partition coefficient (Wildman–Crippen LogP) is 0.294. The molecule has 1 unspecified atom stereocenters. The van der Waals surface area contributed by atoms with Gasteiger partial charge in [-0.05, 0) is 52.0 Å². The number of nitrogens with one attached hydrogen (secondary N) is 1. The number of hydrogen-bond acceptors (Lipinski definition) is 13. The number of nitrogens with zero attached hydrogens (tertiary/aromatic N) is 3. The lowest BCUT2D eigenvalue weighted by Gasteiger charge is -2.52. The number of aliphatic hydroxyl groups excluding tert-OH is 2. The monoisotopic (exact) mass is 604 g/mol. The Morgan fingerprint density at radius 1 is 1.19 bits per heavy atom. The number of fused-ring (bicyclic) bond motifs is 3. The number of Topliss-reactive ketones (excluding diaryl/α,β-unsaturated/α-hetero) is 2. The van der Waals surface area contributed by atoms with Crippen LogP contribution in [0.2, 0.25) is 0 Å². The van der Waals surface area contributed by atoms with Crippen molar-refractivity contribution in [3.8, 4) is 5.75 Å². The molecule has 15 nitrogen and oxygen atoms in total. The van der Waals surface area contributed by atoms with E-state index in [9.17, 15) is 50.0 Å². The Kier molecular flexibility index (Phi) is 8.57. The van der Waals surface area contributed by atoms with E-state index in [0.717, 1.165) is 0 Å². The summed E-state index contributed by atoms with van der Waals surface area (Å²) >= 11 is 0. The highest BCUT2D eigenvalue weighted by Crippen LogP contribution is 2.56. The number of amides is 1. The quantitative estimate of drug-likeness (QED) is 0.0916. The van der Waals surface area contributed by atoms with Crippen molar-refractivity contribution in [2.45, 2.75) is 43.9 Å². The van der Waals surface area contributed by atoms with Gasteiger partial charge in [0.1, 0.15) is 29.4 Å². The van der Waals surface area contributed by atoms with E-state index in [0.29, 0.717) is 13.0 Å². The number of likely N-dealkylation sites (N-methyl/N-ethyl adjacent to an activating group) is 1. The maximum Gasteiger partial charge on any atom is 0.294 e. The van der Waals surface area contributed by atoms with Crippen molar-refractivity contribution < 1.29 is 49.8 Å². The fourth-order valence-corrected chi connectivity index (χ4v) is 6.59. The van der Waals surface area contributed by atoms with Crippen LogP contribution in [0.1, 0.15) is 42.6 Å². The molecule has 0 bridgehead atoms. The fraction of sp³-hybridized carbons (Fsp3) is 0.536. The van der Waals surface area contributed by atoms with Crippen LogP contribution in [0.4, 0.5) is 0 Å². The van der Waals surface area contributed by atoms with E-state index in [1.807, 2.05) is 6.92 Å². The molecule has 0 spiro atoms. The van der Waals surface area contributed by atoms with Crippen molar-refractivity contribution in [3.63, 3.8) is 0 Å². The van der Waals surface area contributed by atoms with E-state index in [1.54, 1.807) is 4.90 Å². The van der Waals surface area contributed by atoms with Crippen LogP contribution in [0.3, 0.4) is 0 Å². The summed E-state index contributed by atoms with van der Waals surface area (Å²) in [5.74, 6) is -7.94. The van der Waals surface area contributed by atoms with Crippen LogP contribution in [0, 0.1) is 22.0 Å². The Morgan fingerprint density at radius 3 is 2.47 bits per heavy atom. The molecule has 0 aromatic heterocycles. The SMILES string of the molecule is CCCN(CCO[N+](=O)[O-])CNC(=O)C1=C(O)[C@@H](N(C)C)[C@@H]2C[C@H]3C(=C(O)[C@]2(O)C1=O)C(=O)c1c(O)cccc1C3(C)O. The Hall–Kier alpha value is -4.05. The number of phenols is 1. The normalized spacial score (nSPS) is 28.5. The second-order valence-corrected chi connectivity index (χ2v) is 11.4. The van der Waals surface area contributed by atoms with Crippen molar-refractivity contribution in [3.05, 3.63) is 62.1 Å². The van der Waals surface area contributed by atoms with E-state index >= 15 is 0 Å². The molecule has 0 aliphatic heterocycles. The summed E-state index contributed by atoms with van der Waals surface area (Å²) in [4.78, 5) is 58.8. The molecule has 5 atom stereocenters. The van der Waals surface area contributed by atoms with Crippen LogP contribution < -0.4 is 5.32 Å². The molecule has 0 saturated carbocycles. The number of ketones is 2. The number of hydrogen-bond donors (Lipinski definition) is 6. The second kappa shape index (κ2) is 11.6. The molecular formula is C28H36N4O11. The highest BCUT2D eigenvalue weighted by Gasteiger charge is 2.65. The lowest BCUT2D eigenvalue weighted by molar-refractivity contribution is -0.757. The van der Waals surface area contributed by atoms with Crippen molar-refractivity contribution in [1.82, 2.24) is 15.1 Å². The average molecular weight is 605 g/mol.